The van der Waals surface area contributed by atoms with Crippen molar-refractivity contribution >= 4 is 0 Å². The second-order valence-corrected chi connectivity index (χ2v) is 4.52. The topological polar surface area (TPSA) is 43.8 Å². The molecular weight excluding hydrogens is 253 g/mol. The SMILES string of the molecule is NCc1cc(F)ccc1-n1cc(-c2ccccc2)cn1. The van der Waals surface area contributed by atoms with Crippen molar-refractivity contribution in [1.82, 2.24) is 9.78 Å². The van der Waals surface area contributed by atoms with Gasteiger partial charge >= 0.3 is 0 Å². The van der Waals surface area contributed by atoms with Gasteiger partial charge in [0.05, 0.1) is 11.9 Å². The molecule has 3 rings (SSSR count). The van der Waals surface area contributed by atoms with Crippen LogP contribution in [0.3, 0.4) is 0 Å². The smallest absolute Gasteiger partial charge is 0.123 e. The van der Waals surface area contributed by atoms with Gasteiger partial charge in [0.1, 0.15) is 5.82 Å². The van der Waals surface area contributed by atoms with E-state index in [2.05, 4.69) is 5.10 Å². The van der Waals surface area contributed by atoms with Crippen LogP contribution in [0.1, 0.15) is 5.56 Å². The summed E-state index contributed by atoms with van der Waals surface area (Å²) in [6.07, 6.45) is 3.71. The third kappa shape index (κ3) is 2.33. The van der Waals surface area contributed by atoms with E-state index in [1.807, 2.05) is 36.5 Å². The Balaban J connectivity index is 2.02. The van der Waals surface area contributed by atoms with Crippen molar-refractivity contribution in [2.24, 2.45) is 5.73 Å². The average molecular weight is 267 g/mol. The van der Waals surface area contributed by atoms with Crippen LogP contribution in [0.2, 0.25) is 0 Å². The lowest BCUT2D eigenvalue weighted by atomic mass is 10.1. The fourth-order valence-electron chi connectivity index (χ4n) is 2.18. The second kappa shape index (κ2) is 5.27. The van der Waals surface area contributed by atoms with Crippen molar-refractivity contribution in [2.75, 3.05) is 0 Å². The van der Waals surface area contributed by atoms with Crippen molar-refractivity contribution in [3.05, 3.63) is 72.3 Å². The Morgan fingerprint density at radius 1 is 1.05 bits per heavy atom. The molecule has 100 valence electrons. The van der Waals surface area contributed by atoms with E-state index in [-0.39, 0.29) is 12.4 Å². The molecule has 2 aromatic carbocycles. The maximum atomic E-state index is 13.2. The molecule has 0 saturated heterocycles. The molecule has 3 nitrogen and oxygen atoms in total. The lowest BCUT2D eigenvalue weighted by Crippen LogP contribution is -2.05. The van der Waals surface area contributed by atoms with Crippen LogP contribution in [0.5, 0.6) is 0 Å². The highest BCUT2D eigenvalue weighted by molar-refractivity contribution is 5.62. The molecule has 0 aliphatic carbocycles. The fraction of sp³-hybridized carbons (Fsp3) is 0.0625. The number of halogens is 1. The summed E-state index contributed by atoms with van der Waals surface area (Å²) in [6, 6.07) is 14.5. The summed E-state index contributed by atoms with van der Waals surface area (Å²) in [5.74, 6) is -0.287. The molecule has 3 aromatic rings. The summed E-state index contributed by atoms with van der Waals surface area (Å²) in [5.41, 5.74) is 9.30. The lowest BCUT2D eigenvalue weighted by molar-refractivity contribution is 0.624. The average Bonchev–Trinajstić information content (AvgIpc) is 2.97. The summed E-state index contributed by atoms with van der Waals surface area (Å²) in [7, 11) is 0. The van der Waals surface area contributed by atoms with Crippen LogP contribution in [0.25, 0.3) is 16.8 Å². The molecule has 20 heavy (non-hydrogen) atoms. The molecule has 0 atom stereocenters. The zero-order valence-corrected chi connectivity index (χ0v) is 10.8. The van der Waals surface area contributed by atoms with Gasteiger partial charge in [0.25, 0.3) is 0 Å². The first-order chi connectivity index (χ1) is 9.78. The van der Waals surface area contributed by atoms with E-state index in [4.69, 9.17) is 5.73 Å². The zero-order chi connectivity index (χ0) is 13.9. The van der Waals surface area contributed by atoms with Gasteiger partial charge in [0, 0.05) is 18.3 Å². The van der Waals surface area contributed by atoms with E-state index >= 15 is 0 Å². The van der Waals surface area contributed by atoms with Crippen molar-refractivity contribution in [2.45, 2.75) is 6.54 Å². The highest BCUT2D eigenvalue weighted by atomic mass is 19.1. The minimum Gasteiger partial charge on any atom is -0.326 e. The Kier molecular flexibility index (Phi) is 3.31. The van der Waals surface area contributed by atoms with E-state index in [1.165, 1.54) is 12.1 Å². The summed E-state index contributed by atoms with van der Waals surface area (Å²) in [5, 5.41) is 4.34. The number of hydrogen-bond acceptors (Lipinski definition) is 2. The minimum atomic E-state index is -0.287. The maximum Gasteiger partial charge on any atom is 0.123 e. The van der Waals surface area contributed by atoms with Gasteiger partial charge < -0.3 is 5.73 Å². The normalized spacial score (nSPS) is 10.7. The van der Waals surface area contributed by atoms with Crippen LogP contribution in [-0.2, 0) is 6.54 Å². The van der Waals surface area contributed by atoms with Crippen LogP contribution in [0.15, 0.2) is 60.9 Å². The summed E-state index contributed by atoms with van der Waals surface area (Å²) >= 11 is 0. The first-order valence-electron chi connectivity index (χ1n) is 6.37. The number of nitrogens with zero attached hydrogens (tertiary/aromatic N) is 2. The molecule has 0 amide bonds. The maximum absolute atomic E-state index is 13.2. The molecule has 0 saturated carbocycles. The number of hydrogen-bond donors (Lipinski definition) is 1. The predicted octanol–water partition coefficient (Wildman–Crippen LogP) is 3.14. The Bertz CT molecular complexity index is 720. The molecule has 0 bridgehead atoms. The minimum absolute atomic E-state index is 0.271. The molecular formula is C16H14FN3. The van der Waals surface area contributed by atoms with Gasteiger partial charge in [-0.25, -0.2) is 9.07 Å². The van der Waals surface area contributed by atoms with Gasteiger partial charge in [-0.05, 0) is 29.3 Å². The van der Waals surface area contributed by atoms with E-state index in [0.29, 0.717) is 0 Å². The second-order valence-electron chi connectivity index (χ2n) is 4.52. The summed E-state index contributed by atoms with van der Waals surface area (Å²) in [6.45, 7) is 0.271. The number of benzene rings is 2. The molecule has 1 heterocycles. The van der Waals surface area contributed by atoms with Crippen LogP contribution >= 0.6 is 0 Å². The third-order valence-electron chi connectivity index (χ3n) is 3.20. The molecule has 4 heteroatoms. The molecule has 0 spiro atoms. The van der Waals surface area contributed by atoms with Gasteiger partial charge in [-0.15, -0.1) is 0 Å². The number of aromatic nitrogens is 2. The van der Waals surface area contributed by atoms with Crippen LogP contribution in [0.4, 0.5) is 4.39 Å². The molecule has 0 radical (unpaired) electrons. The van der Waals surface area contributed by atoms with E-state index < -0.39 is 0 Å². The predicted molar refractivity (Wildman–Crippen MR) is 76.8 cm³/mol. The van der Waals surface area contributed by atoms with Gasteiger partial charge in [0.2, 0.25) is 0 Å². The molecule has 2 N–H and O–H groups in total. The van der Waals surface area contributed by atoms with E-state index in [9.17, 15) is 4.39 Å². The standard InChI is InChI=1S/C16H14FN3/c17-15-6-7-16(13(8-15)9-18)20-11-14(10-19-20)12-4-2-1-3-5-12/h1-8,10-11H,9,18H2. The first kappa shape index (κ1) is 12.6. The van der Waals surface area contributed by atoms with Crippen LogP contribution in [-0.4, -0.2) is 9.78 Å². The monoisotopic (exact) mass is 267 g/mol. The lowest BCUT2D eigenvalue weighted by Gasteiger charge is -2.07. The number of rotatable bonds is 3. The zero-order valence-electron chi connectivity index (χ0n) is 10.8. The van der Waals surface area contributed by atoms with Crippen molar-refractivity contribution in [1.29, 1.82) is 0 Å². The summed E-state index contributed by atoms with van der Waals surface area (Å²) < 4.78 is 15.0. The molecule has 0 fully saturated rings. The van der Waals surface area contributed by atoms with Gasteiger partial charge in [-0.2, -0.15) is 5.10 Å². The molecule has 0 aliphatic rings. The highest BCUT2D eigenvalue weighted by Crippen LogP contribution is 2.21. The van der Waals surface area contributed by atoms with Crippen molar-refractivity contribution in [3.8, 4) is 16.8 Å². The third-order valence-corrected chi connectivity index (χ3v) is 3.20. The van der Waals surface area contributed by atoms with Gasteiger partial charge in [0.15, 0.2) is 0 Å². The fourth-order valence-corrected chi connectivity index (χ4v) is 2.18. The molecule has 0 unspecified atom stereocenters. The van der Waals surface area contributed by atoms with Crippen LogP contribution in [0, 0.1) is 5.82 Å². The largest absolute Gasteiger partial charge is 0.326 e. The van der Waals surface area contributed by atoms with E-state index in [1.54, 1.807) is 16.9 Å². The Morgan fingerprint density at radius 2 is 1.85 bits per heavy atom. The van der Waals surface area contributed by atoms with E-state index in [0.717, 1.165) is 22.4 Å². The van der Waals surface area contributed by atoms with Crippen LogP contribution < -0.4 is 5.73 Å². The van der Waals surface area contributed by atoms with Crippen molar-refractivity contribution in [3.63, 3.8) is 0 Å². The number of nitrogens with two attached hydrogens (primary N) is 1. The van der Waals surface area contributed by atoms with Gasteiger partial charge in [-0.3, -0.25) is 0 Å². The van der Waals surface area contributed by atoms with Crippen molar-refractivity contribution < 1.29 is 4.39 Å². The Labute approximate surface area is 116 Å². The Hall–Kier alpha value is -2.46. The summed E-state index contributed by atoms with van der Waals surface area (Å²) in [4.78, 5) is 0. The van der Waals surface area contributed by atoms with Gasteiger partial charge in [-0.1, -0.05) is 30.3 Å². The molecule has 1 aromatic heterocycles. The first-order valence-corrected chi connectivity index (χ1v) is 6.37. The Morgan fingerprint density at radius 3 is 2.60 bits per heavy atom. The highest BCUT2D eigenvalue weighted by Gasteiger charge is 2.07. The molecule has 0 aliphatic heterocycles. The quantitative estimate of drug-likeness (QED) is 0.792.